The monoisotopic (exact) mass is 961 g/mol. The van der Waals surface area contributed by atoms with Crippen molar-refractivity contribution in [1.29, 1.82) is 0 Å². The molecule has 0 amide bonds. The molecule has 0 unspecified atom stereocenters. The number of nitrogens with zero attached hydrogens (tertiary/aromatic N) is 4. The van der Waals surface area contributed by atoms with Gasteiger partial charge in [0.2, 0.25) is 0 Å². The summed E-state index contributed by atoms with van der Waals surface area (Å²) in [5.74, 6) is 2.40. The molecule has 10 rings (SSSR count). The predicted molar refractivity (Wildman–Crippen MR) is 309 cm³/mol. The van der Waals surface area contributed by atoms with E-state index in [2.05, 4.69) is 287 Å². The normalized spacial score (nSPS) is 13.8. The van der Waals surface area contributed by atoms with E-state index in [4.69, 9.17) is 9.72 Å². The van der Waals surface area contributed by atoms with Crippen LogP contribution in [0.25, 0.3) is 38.8 Å². The van der Waals surface area contributed by atoms with Crippen LogP contribution in [-0.4, -0.2) is 16.2 Å². The Hall–Kier alpha value is -7.37. The zero-order valence-corrected chi connectivity index (χ0v) is 45.3. The first kappa shape index (κ1) is 49.2. The highest BCUT2D eigenvalue weighted by molar-refractivity contribution is 6.10. The summed E-state index contributed by atoms with van der Waals surface area (Å²) in [6.45, 7) is 30.8. The maximum absolute atomic E-state index is 7.19. The van der Waals surface area contributed by atoms with Crippen molar-refractivity contribution in [3.05, 3.63) is 227 Å². The molecule has 0 radical (unpaired) electrons. The van der Waals surface area contributed by atoms with Crippen molar-refractivity contribution >= 4 is 33.2 Å². The minimum Gasteiger partial charge on any atom is -0.457 e. The third kappa shape index (κ3) is 9.59. The van der Waals surface area contributed by atoms with Gasteiger partial charge in [0.1, 0.15) is 17.3 Å². The highest BCUT2D eigenvalue weighted by Gasteiger charge is 2.34. The lowest BCUT2D eigenvalue weighted by Gasteiger charge is -2.34. The third-order valence-corrected chi connectivity index (χ3v) is 15.3. The number of allylic oxidation sites excluding steroid dienone is 1. The Kier molecular flexibility index (Phi) is 12.3. The Bertz CT molecular complexity index is 3470. The van der Waals surface area contributed by atoms with Crippen molar-refractivity contribution in [3.63, 3.8) is 0 Å². The molecule has 5 heteroatoms. The number of fused-ring (bicyclic) bond motifs is 3. The average molecular weight is 961 g/mol. The van der Waals surface area contributed by atoms with Gasteiger partial charge >= 0.3 is 0 Å². The first-order valence-electron chi connectivity index (χ1n) is 26.0. The Morgan fingerprint density at radius 3 is 1.60 bits per heavy atom. The largest absolute Gasteiger partial charge is 0.457 e. The summed E-state index contributed by atoms with van der Waals surface area (Å²) in [5.41, 5.74) is 14.9. The van der Waals surface area contributed by atoms with Crippen molar-refractivity contribution in [2.24, 2.45) is 5.41 Å². The van der Waals surface area contributed by atoms with Crippen LogP contribution in [0, 0.1) is 5.41 Å². The van der Waals surface area contributed by atoms with Gasteiger partial charge in [0.25, 0.3) is 0 Å². The molecule has 0 N–H and O–H groups in total. The molecule has 0 spiro atoms. The quantitative estimate of drug-likeness (QED) is 0.137. The molecule has 2 aromatic heterocycles. The molecule has 1 aliphatic rings. The van der Waals surface area contributed by atoms with E-state index in [0.717, 1.165) is 44.8 Å². The number of rotatable bonds is 10. The van der Waals surface area contributed by atoms with Crippen molar-refractivity contribution in [2.45, 2.75) is 112 Å². The van der Waals surface area contributed by atoms with Gasteiger partial charge in [0, 0.05) is 68.6 Å². The number of pyridine rings is 1. The molecular formula is C68H72N4O. The van der Waals surface area contributed by atoms with Gasteiger partial charge in [-0.3, -0.25) is 4.57 Å². The van der Waals surface area contributed by atoms with Gasteiger partial charge < -0.3 is 14.5 Å². The van der Waals surface area contributed by atoms with Gasteiger partial charge in [-0.25, -0.2) is 4.98 Å². The minimum absolute atomic E-state index is 0.00701. The van der Waals surface area contributed by atoms with Crippen molar-refractivity contribution in [3.8, 4) is 28.4 Å². The molecule has 370 valence electrons. The molecule has 73 heavy (non-hydrogen) atoms. The number of hydrogen-bond acceptors (Lipinski definition) is 4. The summed E-state index contributed by atoms with van der Waals surface area (Å²) in [5, 5.41) is 2.30. The van der Waals surface area contributed by atoms with Gasteiger partial charge in [0.05, 0.1) is 17.7 Å². The Morgan fingerprint density at radius 1 is 0.411 bits per heavy atom. The molecule has 3 heterocycles. The second-order valence-corrected chi connectivity index (χ2v) is 24.4. The average Bonchev–Trinajstić information content (AvgIpc) is 3.97. The van der Waals surface area contributed by atoms with E-state index in [1.807, 2.05) is 6.20 Å². The van der Waals surface area contributed by atoms with Gasteiger partial charge in [-0.2, -0.15) is 0 Å². The van der Waals surface area contributed by atoms with Crippen LogP contribution in [0.2, 0.25) is 0 Å². The molecule has 5 nitrogen and oxygen atoms in total. The SMILES string of the molecule is CC(C)(C)C1=CN(c2cc(Oc3ccc4c5cc(-c6ccccc6)ccc5n(-c5cc(C(C)(C)c6ccccc6)ccn5)c4c3)cc(C(C)(C)c3ccccc3)c2)CN1c1cc(C(C)(C)C)cc(C(C)(C)C)c1. The van der Waals surface area contributed by atoms with E-state index in [1.54, 1.807) is 0 Å². The number of hydrogen-bond donors (Lipinski definition) is 0. The molecule has 0 saturated carbocycles. The van der Waals surface area contributed by atoms with Crippen LogP contribution in [0.4, 0.5) is 11.4 Å². The summed E-state index contributed by atoms with van der Waals surface area (Å²) in [6, 6.07) is 64.0. The molecule has 0 fully saturated rings. The summed E-state index contributed by atoms with van der Waals surface area (Å²) in [7, 11) is 0. The number of aromatic nitrogens is 2. The standard InChI is InChI=1S/C68H72N4O/c1-64(2,3)51-36-52(65(4,5)6)38-55(37-51)71-45-70(44-62(71)66(7,8)9)54-39-53(68(12,13)49-27-21-16-22-28-49)40-57(42-54)73-56-30-31-58-59-35-47(46-23-17-14-18-24-46)29-32-60(59)72(61(58)43-56)63-41-50(33-34-69-63)67(10,11)48-25-19-15-20-26-48/h14-44H,45H2,1-13H3. The number of anilines is 2. The van der Waals surface area contributed by atoms with E-state index in [1.165, 1.54) is 55.9 Å². The zero-order valence-electron chi connectivity index (χ0n) is 45.3. The lowest BCUT2D eigenvalue weighted by atomic mass is 9.78. The highest BCUT2D eigenvalue weighted by atomic mass is 16.5. The Balaban J connectivity index is 1.11. The van der Waals surface area contributed by atoms with Crippen LogP contribution in [0.3, 0.4) is 0 Å². The molecule has 7 aromatic carbocycles. The smallest absolute Gasteiger partial charge is 0.137 e. The molecule has 9 aromatic rings. The van der Waals surface area contributed by atoms with Crippen LogP contribution in [0.5, 0.6) is 11.5 Å². The molecule has 0 bridgehead atoms. The fraction of sp³-hybridized carbons (Fsp3) is 0.279. The molecule has 0 aliphatic carbocycles. The Labute approximate surface area is 434 Å². The van der Waals surface area contributed by atoms with Gasteiger partial charge in [0.15, 0.2) is 0 Å². The summed E-state index contributed by atoms with van der Waals surface area (Å²) >= 11 is 0. The fourth-order valence-corrected chi connectivity index (χ4v) is 10.5. The zero-order chi connectivity index (χ0) is 51.7. The van der Waals surface area contributed by atoms with E-state index < -0.39 is 0 Å². The summed E-state index contributed by atoms with van der Waals surface area (Å²) < 4.78 is 9.51. The van der Waals surface area contributed by atoms with Crippen LogP contribution in [-0.2, 0) is 21.7 Å². The van der Waals surface area contributed by atoms with E-state index >= 15 is 0 Å². The molecule has 0 atom stereocenters. The van der Waals surface area contributed by atoms with Crippen LogP contribution in [0.15, 0.2) is 194 Å². The van der Waals surface area contributed by atoms with Crippen LogP contribution < -0.4 is 14.5 Å². The first-order valence-corrected chi connectivity index (χ1v) is 26.0. The fourth-order valence-electron chi connectivity index (χ4n) is 10.5. The second-order valence-electron chi connectivity index (χ2n) is 24.4. The molecular weight excluding hydrogens is 889 g/mol. The Morgan fingerprint density at radius 2 is 1.00 bits per heavy atom. The van der Waals surface area contributed by atoms with E-state index in [0.29, 0.717) is 6.67 Å². The van der Waals surface area contributed by atoms with Crippen molar-refractivity contribution < 1.29 is 4.74 Å². The summed E-state index contributed by atoms with van der Waals surface area (Å²) in [4.78, 5) is 10.0. The number of benzene rings is 7. The van der Waals surface area contributed by atoms with Gasteiger partial charge in [-0.05, 0) is 116 Å². The third-order valence-electron chi connectivity index (χ3n) is 15.3. The van der Waals surface area contributed by atoms with Crippen LogP contribution >= 0.6 is 0 Å². The predicted octanol–water partition coefficient (Wildman–Crippen LogP) is 18.1. The van der Waals surface area contributed by atoms with Crippen molar-refractivity contribution in [2.75, 3.05) is 16.5 Å². The minimum atomic E-state index is -0.328. The maximum atomic E-state index is 7.19. The topological polar surface area (TPSA) is 33.5 Å². The molecule has 1 aliphatic heterocycles. The maximum Gasteiger partial charge on any atom is 0.137 e. The summed E-state index contributed by atoms with van der Waals surface area (Å²) in [6.07, 6.45) is 4.32. The first-order chi connectivity index (χ1) is 34.6. The van der Waals surface area contributed by atoms with E-state index in [-0.39, 0.29) is 27.1 Å². The van der Waals surface area contributed by atoms with Crippen LogP contribution in [0.1, 0.15) is 123 Å². The second kappa shape index (κ2) is 18.3. The molecule has 0 saturated heterocycles. The van der Waals surface area contributed by atoms with Gasteiger partial charge in [-0.15, -0.1) is 0 Å². The number of ether oxygens (including phenoxy) is 1. The van der Waals surface area contributed by atoms with Gasteiger partial charge in [-0.1, -0.05) is 193 Å². The van der Waals surface area contributed by atoms with E-state index in [9.17, 15) is 0 Å². The lowest BCUT2D eigenvalue weighted by Crippen LogP contribution is -2.31. The highest BCUT2D eigenvalue weighted by Crippen LogP contribution is 2.45. The van der Waals surface area contributed by atoms with Crippen molar-refractivity contribution in [1.82, 2.24) is 9.55 Å². The lowest BCUT2D eigenvalue weighted by molar-refractivity contribution is 0.480.